The highest BCUT2D eigenvalue weighted by Crippen LogP contribution is 1.82. The van der Waals surface area contributed by atoms with Crippen LogP contribution in [0.1, 0.15) is 27.7 Å². The molecule has 0 rings (SSSR count). The second-order valence-corrected chi connectivity index (χ2v) is 4.41. The van der Waals surface area contributed by atoms with E-state index in [4.69, 9.17) is 23.8 Å². The summed E-state index contributed by atoms with van der Waals surface area (Å²) in [6.07, 6.45) is 0. The number of hydrogen-bond acceptors (Lipinski definition) is 4. The lowest BCUT2D eigenvalue weighted by molar-refractivity contribution is 0.501. The van der Waals surface area contributed by atoms with E-state index in [1.807, 2.05) is 0 Å². The minimum absolute atomic E-state index is 0. The van der Waals surface area contributed by atoms with Gasteiger partial charge in [0, 0.05) is 22.1 Å². The van der Waals surface area contributed by atoms with Gasteiger partial charge in [0.2, 0.25) is 0 Å². The van der Waals surface area contributed by atoms with Crippen LogP contribution in [-0.4, -0.2) is 24.4 Å². The second kappa shape index (κ2) is 12.8. The van der Waals surface area contributed by atoms with Gasteiger partial charge in [-0.25, -0.2) is 0 Å². The van der Waals surface area contributed by atoms with Gasteiger partial charge in [-0.1, -0.05) is 0 Å². The number of nitrogens with one attached hydrogen (secondary N) is 2. The summed E-state index contributed by atoms with van der Waals surface area (Å²) >= 11 is 0. The molecular weight excluding hydrogens is 251 g/mol. The van der Waals surface area contributed by atoms with E-state index in [-0.39, 0.29) is 12.4 Å². The van der Waals surface area contributed by atoms with E-state index < -0.39 is 9.33 Å². The molecule has 0 heterocycles. The average Bonchev–Trinajstić information content (AvgIpc) is 1.50. The largest absolute Gasteiger partial charge is 0.353 e. The van der Waals surface area contributed by atoms with Gasteiger partial charge in [-0.15, -0.1) is 12.4 Å². The predicted molar refractivity (Wildman–Crippen MR) is 62.8 cm³/mol. The van der Waals surface area contributed by atoms with Crippen LogP contribution >= 0.6 is 23.1 Å². The number of rotatable bonds is 0. The minimum Gasteiger partial charge on any atom is -0.310 e. The second-order valence-electron chi connectivity index (χ2n) is 2.41. The van der Waals surface area contributed by atoms with Crippen molar-refractivity contribution in [3.63, 3.8) is 0 Å². The summed E-state index contributed by atoms with van der Waals surface area (Å²) in [6, 6.07) is 0. The first-order chi connectivity index (χ1) is 5.46. The van der Waals surface area contributed by atoms with Gasteiger partial charge in [-0.05, 0) is 27.7 Å². The maximum atomic E-state index is 8.95. The normalized spacial score (nSPS) is 7.86. The zero-order valence-electron chi connectivity index (χ0n) is 8.46. The van der Waals surface area contributed by atoms with Crippen LogP contribution in [0.2, 0.25) is 0 Å². The van der Waals surface area contributed by atoms with E-state index in [2.05, 4.69) is 10.7 Å². The Kier molecular flexibility index (Phi) is 21.6. The minimum atomic E-state index is -4.19. The third-order valence-corrected chi connectivity index (χ3v) is 0. The van der Waals surface area contributed by atoms with Crippen molar-refractivity contribution >= 4 is 43.8 Å². The van der Waals surface area contributed by atoms with E-state index in [1.165, 1.54) is 0 Å². The van der Waals surface area contributed by atoms with Crippen molar-refractivity contribution in [2.45, 2.75) is 27.7 Å². The van der Waals surface area contributed by atoms with Gasteiger partial charge in [-0.3, -0.25) is 4.55 Å². The lowest BCUT2D eigenvalue weighted by atomic mass is 10.5. The lowest BCUT2D eigenvalue weighted by Gasteiger charge is -1.65. The van der Waals surface area contributed by atoms with Crippen molar-refractivity contribution in [2.24, 2.45) is 0 Å². The van der Waals surface area contributed by atoms with Gasteiger partial charge in [0.15, 0.2) is 0 Å². The summed E-state index contributed by atoms with van der Waals surface area (Å²) in [4.78, 5) is 0. The summed E-state index contributed by atoms with van der Waals surface area (Å²) in [7, 11) is -0.137. The Morgan fingerprint density at radius 2 is 1.07 bits per heavy atom. The first kappa shape index (κ1) is 23.6. The molecule has 0 aromatic carbocycles. The fraction of sp³-hybridized carbons (Fsp3) is 0.667. The molecule has 0 amide bonds. The van der Waals surface area contributed by atoms with Crippen molar-refractivity contribution in [3.05, 3.63) is 0 Å². The molecule has 0 aliphatic heterocycles. The van der Waals surface area contributed by atoms with Crippen LogP contribution in [0.5, 0.6) is 0 Å². The number of halogens is 2. The maximum absolute atomic E-state index is 8.95. The first-order valence-corrected chi connectivity index (χ1v) is 5.44. The molecule has 0 saturated heterocycles. The predicted octanol–water partition coefficient (Wildman–Crippen LogP) is 2.54. The molecule has 5 nitrogen and oxygen atoms in total. The molecule has 0 aromatic rings. The molecule has 0 spiro atoms. The van der Waals surface area contributed by atoms with Crippen LogP contribution in [0.15, 0.2) is 0 Å². The van der Waals surface area contributed by atoms with E-state index in [1.54, 1.807) is 27.7 Å². The third-order valence-electron chi connectivity index (χ3n) is 0. The van der Waals surface area contributed by atoms with Crippen LogP contribution in [0.4, 0.5) is 0 Å². The molecule has 8 heteroatoms. The maximum Gasteiger partial charge on any atom is 0.353 e. The molecule has 0 unspecified atom stereocenters. The lowest BCUT2D eigenvalue weighted by Crippen LogP contribution is -1.77. The molecule has 0 aromatic heterocycles. The Balaban J connectivity index is -0.0000000522. The Hall–Kier alpha value is -0.170. The molecule has 88 valence electrons. The molecule has 0 aliphatic carbocycles. The summed E-state index contributed by atoms with van der Waals surface area (Å²) in [5.41, 5.74) is 1.33. The molecule has 0 radical (unpaired) electrons. The molecule has 0 atom stereocenters. The van der Waals surface area contributed by atoms with Crippen LogP contribution < -0.4 is 0 Å². The van der Waals surface area contributed by atoms with Crippen LogP contribution in [0.25, 0.3) is 0 Å². The van der Waals surface area contributed by atoms with Crippen LogP contribution in [-0.2, 0) is 9.33 Å². The average molecular weight is 267 g/mol. The summed E-state index contributed by atoms with van der Waals surface area (Å²) in [6.45, 7) is 7.00. The molecule has 3 N–H and O–H groups in total. The Bertz CT molecular complexity index is 224. The Labute approximate surface area is 95.5 Å². The zero-order valence-corrected chi connectivity index (χ0v) is 10.8. The highest BCUT2D eigenvalue weighted by molar-refractivity contribution is 8.09. The third kappa shape index (κ3) is 48000. The van der Waals surface area contributed by atoms with Crippen molar-refractivity contribution in [2.75, 3.05) is 0 Å². The highest BCUT2D eigenvalue weighted by atomic mass is 35.7. The fourth-order valence-electron chi connectivity index (χ4n) is 0. The van der Waals surface area contributed by atoms with Gasteiger partial charge < -0.3 is 10.8 Å². The molecule has 0 fully saturated rings. The van der Waals surface area contributed by atoms with Crippen LogP contribution in [0.3, 0.4) is 0 Å². The summed E-state index contributed by atoms with van der Waals surface area (Å²) in [5, 5.41) is 13.0. The monoisotopic (exact) mass is 266 g/mol. The molecule has 0 aliphatic rings. The van der Waals surface area contributed by atoms with Crippen molar-refractivity contribution in [1.29, 1.82) is 10.8 Å². The van der Waals surface area contributed by atoms with E-state index in [0.717, 1.165) is 0 Å². The van der Waals surface area contributed by atoms with E-state index >= 15 is 0 Å². The summed E-state index contributed by atoms with van der Waals surface area (Å²) < 4.78 is 25.2. The quantitative estimate of drug-likeness (QED) is 0.357. The first-order valence-electron chi connectivity index (χ1n) is 3.17. The van der Waals surface area contributed by atoms with Crippen molar-refractivity contribution in [1.82, 2.24) is 0 Å². The van der Waals surface area contributed by atoms with Gasteiger partial charge in [0.25, 0.3) is 0 Å². The van der Waals surface area contributed by atoms with Gasteiger partial charge in [0.1, 0.15) is 0 Å². The summed E-state index contributed by atoms with van der Waals surface area (Å²) in [5.74, 6) is 0. The smallest absolute Gasteiger partial charge is 0.310 e. The van der Waals surface area contributed by atoms with Crippen molar-refractivity contribution in [3.8, 4) is 0 Å². The van der Waals surface area contributed by atoms with Crippen LogP contribution in [0, 0.1) is 10.8 Å². The van der Waals surface area contributed by atoms with E-state index in [0.29, 0.717) is 11.4 Å². The standard InChI is InChI=1S/2C3H7N.ClHO3S.ClH/c2*1-3(2)4;1-5(2,3)4;/h2*4H,1-2H3;(H,2,3,4);1H. The molecular formula is C6H16Cl2N2O3S. The molecule has 0 saturated carbocycles. The topological polar surface area (TPSA) is 102 Å². The molecule has 0 bridgehead atoms. The van der Waals surface area contributed by atoms with Gasteiger partial charge in [-0.2, -0.15) is 8.42 Å². The van der Waals surface area contributed by atoms with Gasteiger partial charge >= 0.3 is 9.33 Å². The van der Waals surface area contributed by atoms with Gasteiger partial charge in [0.05, 0.1) is 0 Å². The van der Waals surface area contributed by atoms with E-state index in [9.17, 15) is 0 Å². The SMILES string of the molecule is CC(C)=N.CC(C)=N.Cl.O=S(=O)(O)Cl. The Morgan fingerprint density at radius 1 is 1.07 bits per heavy atom. The Morgan fingerprint density at radius 3 is 1.07 bits per heavy atom. The molecule has 14 heavy (non-hydrogen) atoms. The fourth-order valence-corrected chi connectivity index (χ4v) is 0. The number of hydrogen-bond donors (Lipinski definition) is 3. The highest BCUT2D eigenvalue weighted by Gasteiger charge is 1.86. The zero-order chi connectivity index (χ0) is 11.7. The van der Waals surface area contributed by atoms with Crippen molar-refractivity contribution < 1.29 is 13.0 Å².